The predicted molar refractivity (Wildman–Crippen MR) is 93.7 cm³/mol. The Bertz CT molecular complexity index is 671. The van der Waals surface area contributed by atoms with Gasteiger partial charge in [-0.2, -0.15) is 0 Å². The molecule has 2 nitrogen and oxygen atoms in total. The summed E-state index contributed by atoms with van der Waals surface area (Å²) in [6, 6.07) is 19.6. The summed E-state index contributed by atoms with van der Waals surface area (Å²) in [6.07, 6.45) is -1.30. The summed E-state index contributed by atoms with van der Waals surface area (Å²) in [5.41, 5.74) is 1.92. The maximum Gasteiger partial charge on any atom is 0.198 e. The first-order valence-corrected chi connectivity index (χ1v) is 8.91. The molecule has 4 atom stereocenters. The van der Waals surface area contributed by atoms with Crippen molar-refractivity contribution in [2.24, 2.45) is 0 Å². The van der Waals surface area contributed by atoms with Crippen LogP contribution in [0.3, 0.4) is 0 Å². The van der Waals surface area contributed by atoms with Crippen LogP contribution in [0.25, 0.3) is 0 Å². The molecule has 2 saturated heterocycles. The highest BCUT2D eigenvalue weighted by molar-refractivity contribution is 5.30. The van der Waals surface area contributed by atoms with Gasteiger partial charge >= 0.3 is 0 Å². The first kappa shape index (κ1) is 16.7. The van der Waals surface area contributed by atoms with E-state index in [2.05, 4.69) is 0 Å². The van der Waals surface area contributed by atoms with Gasteiger partial charge in [-0.15, -0.1) is 0 Å². The molecule has 0 saturated carbocycles. The van der Waals surface area contributed by atoms with E-state index in [0.29, 0.717) is 12.8 Å². The van der Waals surface area contributed by atoms with Crippen LogP contribution in [0.1, 0.15) is 36.5 Å². The van der Waals surface area contributed by atoms with E-state index in [9.17, 15) is 0 Å². The highest BCUT2D eigenvalue weighted by Crippen LogP contribution is 2.47. The number of piperidine rings is 1. The Hall–Kier alpha value is -1.78. The van der Waals surface area contributed by atoms with Crippen LogP contribution in [0.2, 0.25) is 0 Å². The molecule has 0 amide bonds. The van der Waals surface area contributed by atoms with Crippen molar-refractivity contribution in [2.45, 2.75) is 49.5 Å². The van der Waals surface area contributed by atoms with Crippen molar-refractivity contribution in [3.8, 4) is 0 Å². The SMILES string of the molecule is CN1[C@H]2CC[C@]1(F)C(F)[C@H](OC(c1ccccc1)c1ccccc1)C2. The van der Waals surface area contributed by atoms with E-state index in [1.165, 1.54) is 0 Å². The predicted octanol–water partition coefficient (Wildman–Crippen LogP) is 4.66. The van der Waals surface area contributed by atoms with E-state index in [1.807, 2.05) is 60.7 Å². The Kier molecular flexibility index (Phi) is 4.34. The fraction of sp³-hybridized carbons (Fsp3) is 0.429. The first-order chi connectivity index (χ1) is 12.1. The Morgan fingerprint density at radius 1 is 1.04 bits per heavy atom. The molecule has 2 heterocycles. The summed E-state index contributed by atoms with van der Waals surface area (Å²) in [6.45, 7) is 0. The number of alkyl halides is 2. The quantitative estimate of drug-likeness (QED) is 0.749. The zero-order valence-electron chi connectivity index (χ0n) is 14.3. The Morgan fingerprint density at radius 2 is 1.60 bits per heavy atom. The lowest BCUT2D eigenvalue weighted by Gasteiger charge is -2.43. The molecule has 0 radical (unpaired) electrons. The second-order valence-corrected chi connectivity index (χ2v) is 7.14. The normalized spacial score (nSPS) is 32.2. The standard InChI is InChI=1S/C21H23F2NO/c1-24-17-12-13-21(24,23)20(22)18(14-17)25-19(15-8-4-2-5-9-15)16-10-6-3-7-11-16/h2-11,17-20H,12-14H2,1H3/t17-,18+,20?,21+/m0/s1. The van der Waals surface area contributed by atoms with Crippen LogP contribution in [0.4, 0.5) is 8.78 Å². The maximum absolute atomic E-state index is 15.1. The van der Waals surface area contributed by atoms with Gasteiger partial charge in [-0.25, -0.2) is 8.78 Å². The molecule has 2 fully saturated rings. The Morgan fingerprint density at radius 3 is 2.16 bits per heavy atom. The molecule has 0 aromatic heterocycles. The van der Waals surface area contributed by atoms with E-state index in [1.54, 1.807) is 11.9 Å². The van der Waals surface area contributed by atoms with Crippen molar-refractivity contribution in [1.29, 1.82) is 0 Å². The third-order valence-corrected chi connectivity index (χ3v) is 5.73. The van der Waals surface area contributed by atoms with Crippen molar-refractivity contribution in [1.82, 2.24) is 4.90 Å². The van der Waals surface area contributed by atoms with Crippen molar-refractivity contribution >= 4 is 0 Å². The zero-order valence-corrected chi connectivity index (χ0v) is 14.3. The topological polar surface area (TPSA) is 12.5 Å². The molecule has 0 aliphatic carbocycles. The number of nitrogens with zero attached hydrogens (tertiary/aromatic N) is 1. The molecule has 2 bridgehead atoms. The summed E-state index contributed by atoms with van der Waals surface area (Å²) in [4.78, 5) is 1.57. The van der Waals surface area contributed by atoms with Gasteiger partial charge in [-0.3, -0.25) is 4.90 Å². The summed E-state index contributed by atoms with van der Waals surface area (Å²) < 4.78 is 36.4. The van der Waals surface area contributed by atoms with E-state index < -0.39 is 24.2 Å². The Balaban J connectivity index is 1.64. The summed E-state index contributed by atoms with van der Waals surface area (Å²) in [5.74, 6) is -1.90. The third kappa shape index (κ3) is 2.87. The van der Waals surface area contributed by atoms with Gasteiger partial charge in [0.15, 0.2) is 12.0 Å². The van der Waals surface area contributed by atoms with Gasteiger partial charge in [-0.1, -0.05) is 60.7 Å². The zero-order chi connectivity index (χ0) is 17.4. The number of halogens is 2. The van der Waals surface area contributed by atoms with Crippen molar-refractivity contribution < 1.29 is 13.5 Å². The van der Waals surface area contributed by atoms with Gasteiger partial charge in [0.05, 0.1) is 6.10 Å². The van der Waals surface area contributed by atoms with Gasteiger partial charge in [-0.05, 0) is 37.4 Å². The van der Waals surface area contributed by atoms with Crippen LogP contribution in [-0.4, -0.2) is 36.1 Å². The molecule has 132 valence electrons. The third-order valence-electron chi connectivity index (χ3n) is 5.73. The minimum atomic E-state index is -1.90. The number of fused-ring (bicyclic) bond motifs is 2. The van der Waals surface area contributed by atoms with Crippen LogP contribution in [-0.2, 0) is 4.74 Å². The molecule has 25 heavy (non-hydrogen) atoms. The van der Waals surface area contributed by atoms with Crippen molar-refractivity contribution in [2.75, 3.05) is 7.05 Å². The van der Waals surface area contributed by atoms with E-state index >= 15 is 8.78 Å². The number of rotatable bonds is 4. The van der Waals surface area contributed by atoms with Gasteiger partial charge in [0.2, 0.25) is 0 Å². The molecular weight excluding hydrogens is 320 g/mol. The number of hydrogen-bond donors (Lipinski definition) is 0. The second-order valence-electron chi connectivity index (χ2n) is 7.14. The minimum Gasteiger partial charge on any atom is -0.362 e. The van der Waals surface area contributed by atoms with Gasteiger partial charge in [0.1, 0.15) is 6.10 Å². The number of ether oxygens (including phenoxy) is 1. The lowest BCUT2D eigenvalue weighted by molar-refractivity contribution is -0.169. The number of benzene rings is 2. The van der Waals surface area contributed by atoms with Crippen molar-refractivity contribution in [3.05, 3.63) is 71.8 Å². The largest absolute Gasteiger partial charge is 0.362 e. The van der Waals surface area contributed by atoms with Gasteiger partial charge < -0.3 is 4.74 Å². The average molecular weight is 343 g/mol. The van der Waals surface area contributed by atoms with Crippen molar-refractivity contribution in [3.63, 3.8) is 0 Å². The van der Waals surface area contributed by atoms with Gasteiger partial charge in [0, 0.05) is 6.04 Å². The fourth-order valence-electron chi connectivity index (χ4n) is 4.23. The lowest BCUT2D eigenvalue weighted by atomic mass is 9.95. The molecule has 4 heteroatoms. The number of hydrogen-bond acceptors (Lipinski definition) is 2. The highest BCUT2D eigenvalue weighted by atomic mass is 19.2. The summed E-state index contributed by atoms with van der Waals surface area (Å²) >= 11 is 0. The maximum atomic E-state index is 15.1. The van der Waals surface area contributed by atoms with Crippen LogP contribution in [0.15, 0.2) is 60.7 Å². The van der Waals surface area contributed by atoms with Gasteiger partial charge in [0.25, 0.3) is 0 Å². The smallest absolute Gasteiger partial charge is 0.198 e. The monoisotopic (exact) mass is 343 g/mol. The molecule has 0 spiro atoms. The summed E-state index contributed by atoms with van der Waals surface area (Å²) in [5, 5.41) is 0. The molecule has 0 N–H and O–H groups in total. The first-order valence-electron chi connectivity index (χ1n) is 8.91. The van der Waals surface area contributed by atoms with E-state index in [0.717, 1.165) is 11.1 Å². The molecule has 2 aliphatic rings. The fourth-order valence-corrected chi connectivity index (χ4v) is 4.23. The van der Waals surface area contributed by atoms with Crippen LogP contribution < -0.4 is 0 Å². The molecule has 4 rings (SSSR count). The molecule has 2 aliphatic heterocycles. The van der Waals surface area contributed by atoms with E-state index in [-0.39, 0.29) is 12.5 Å². The van der Waals surface area contributed by atoms with Crippen LogP contribution in [0.5, 0.6) is 0 Å². The molecule has 1 unspecified atom stereocenters. The van der Waals surface area contributed by atoms with E-state index in [4.69, 9.17) is 4.74 Å². The highest BCUT2D eigenvalue weighted by Gasteiger charge is 2.59. The molecule has 2 aromatic rings. The molecule has 2 aromatic carbocycles. The average Bonchev–Trinajstić information content (AvgIpc) is 2.87. The Labute approximate surface area is 147 Å². The van der Waals surface area contributed by atoms with Crippen LogP contribution >= 0.6 is 0 Å². The molecular formula is C21H23F2NO. The lowest BCUT2D eigenvalue weighted by Crippen LogP contribution is -2.58. The summed E-state index contributed by atoms with van der Waals surface area (Å²) in [7, 11) is 1.69. The minimum absolute atomic E-state index is 0.0502. The second kappa shape index (κ2) is 6.50. The van der Waals surface area contributed by atoms with Crippen LogP contribution in [0, 0.1) is 0 Å².